The lowest BCUT2D eigenvalue weighted by Gasteiger charge is -2.16. The molecule has 0 spiro atoms. The highest BCUT2D eigenvalue weighted by Crippen LogP contribution is 2.59. The van der Waals surface area contributed by atoms with Crippen LogP contribution in [0, 0.1) is 11.8 Å². The van der Waals surface area contributed by atoms with Gasteiger partial charge >= 0.3 is 0 Å². The Labute approximate surface area is 946 Å². The Morgan fingerprint density at radius 2 is 0.507 bits per heavy atom. The number of carbonyl (C=O) groups excluding carboxylic acids is 2. The average Bonchev–Trinajstić information content (AvgIpc) is 1.54. The normalized spacial score (nSPS) is 14.2. The molecule has 2 unspecified atom stereocenters. The van der Waals surface area contributed by atoms with Crippen molar-refractivity contribution < 1.29 is 9.59 Å². The summed E-state index contributed by atoms with van der Waals surface area (Å²) < 4.78 is 4.11. The number of carbonyl (C=O) groups is 2. The Morgan fingerprint density at radius 3 is 0.822 bits per heavy atom. The minimum absolute atomic E-state index is 0.0317. The molecule has 2 amide bonds. The lowest BCUT2D eigenvalue weighted by molar-refractivity contribution is -0.122. The lowest BCUT2D eigenvalue weighted by Crippen LogP contribution is -2.27. The van der Waals surface area contributed by atoms with Gasteiger partial charge < -0.3 is 0 Å². The van der Waals surface area contributed by atoms with Crippen LogP contribution in [0.15, 0.2) is 119 Å². The Balaban J connectivity index is 0.887. The predicted molar refractivity (Wildman–Crippen MR) is 678 cm³/mol. The van der Waals surface area contributed by atoms with E-state index in [1.165, 1.54) is 473 Å². The molecule has 0 saturated carbocycles. The molecule has 2 saturated heterocycles. The molecule has 2 fully saturated rings. The van der Waals surface area contributed by atoms with Crippen LogP contribution >= 0.6 is 184 Å². The van der Waals surface area contributed by atoms with Crippen LogP contribution in [-0.2, 0) is 48.1 Å². The number of unbranched alkanes of at least 4 members (excludes halogenated alkanes) is 36. The number of thiocarbonyl (C=S) groups is 2. The molecule has 0 bridgehead atoms. The van der Waals surface area contributed by atoms with Crippen molar-refractivity contribution in [3.63, 3.8) is 0 Å². The number of nitrogens with zero attached hydrogens (tertiary/aromatic N) is 2. The van der Waals surface area contributed by atoms with Gasteiger partial charge in [0.2, 0.25) is 0 Å². The zero-order valence-electron chi connectivity index (χ0n) is 89.5. The van der Waals surface area contributed by atoms with Crippen molar-refractivity contribution in [2.45, 2.75) is 416 Å². The standard InChI is InChI=1S/C126H164N2O2S16/c1-11-21-29-37-43-51-59-87(57-49-35-27-17-7)77-93-65-67-99(133-93)101-69-71-103(137-101)115-97-85-111(109-81-91(63-55-47-41-33-25-15-5)119(141-109)107-75-73-105(139-107)117-89(61-53-45-39-31-23-13-3)79-95(135-117)83-113-123(129)127(19-9)125(131)145-113)144-122(97)116(104-72-70-102(138-104)100-68-66-94(134-100)78-88(58-50-36-28-18-8)60-52-44-38-30-22-12-2)98-86-112(143-121(98)115)110-82-92(64-56-48-42-34-26-16-6)120(142-110)108-76-74-106(140-108)118-90(62-54-46-40-32-24-14-4)80-96(136-118)84-114-124(130)128(20-10)126(132)146-114/h65-76,79-88H,11-64,77-78H2,1-10H3/b113-83-,114-84-. The molecule has 4 nitrogen and oxygen atoms in total. The molecule has 2 atom stereocenters. The number of aryl methyl sites for hydroxylation is 4. The van der Waals surface area contributed by atoms with Crippen molar-refractivity contribution >= 4 is 237 Å². The number of thioether (sulfide) groups is 2. The van der Waals surface area contributed by atoms with Gasteiger partial charge in [-0.25, -0.2) is 0 Å². The summed E-state index contributed by atoms with van der Waals surface area (Å²) in [5, 5.41) is 2.76. The van der Waals surface area contributed by atoms with E-state index < -0.39 is 0 Å². The van der Waals surface area contributed by atoms with Gasteiger partial charge in [0.15, 0.2) is 0 Å². The van der Waals surface area contributed by atoms with Crippen LogP contribution in [-0.4, -0.2) is 43.3 Å². The summed E-state index contributed by atoms with van der Waals surface area (Å²) in [7, 11) is 0. The number of amides is 2. The second-order valence-corrected chi connectivity index (χ2v) is 57.9. The monoisotopic (exact) mass is 2250 g/mol. The Kier molecular flexibility index (Phi) is 48.3. The first-order chi connectivity index (χ1) is 71.6. The minimum Gasteiger partial charge on any atom is -0.293 e. The van der Waals surface area contributed by atoms with Gasteiger partial charge in [-0.15, -0.1) is 136 Å². The van der Waals surface area contributed by atoms with Gasteiger partial charge in [-0.1, -0.05) is 386 Å². The zero-order valence-corrected chi connectivity index (χ0v) is 103. The first-order valence-electron chi connectivity index (χ1n) is 57.3. The highest BCUT2D eigenvalue weighted by molar-refractivity contribution is 8.27. The van der Waals surface area contributed by atoms with Crippen LogP contribution in [0.2, 0.25) is 0 Å². The van der Waals surface area contributed by atoms with Crippen LogP contribution in [0.5, 0.6) is 0 Å². The molecule has 13 aromatic rings. The number of hydrogen-bond donors (Lipinski definition) is 0. The molecule has 14 heterocycles. The van der Waals surface area contributed by atoms with Gasteiger partial charge in [-0.3, -0.25) is 19.4 Å². The molecular weight excluding hydrogens is 2090 g/mol. The maximum Gasteiger partial charge on any atom is 0.266 e. The number of hydrogen-bond acceptors (Lipinski definition) is 18. The zero-order chi connectivity index (χ0) is 102. The van der Waals surface area contributed by atoms with Crippen molar-refractivity contribution in [3.05, 3.63) is 161 Å². The molecule has 12 aromatic heterocycles. The number of rotatable bonds is 70. The predicted octanol–water partition coefficient (Wildman–Crippen LogP) is 47.2. The third-order valence-electron chi connectivity index (χ3n) is 29.8. The molecule has 2 aliphatic rings. The van der Waals surface area contributed by atoms with Gasteiger partial charge in [0.25, 0.3) is 11.8 Å². The summed E-state index contributed by atoms with van der Waals surface area (Å²) in [5.74, 6) is 1.53. The van der Waals surface area contributed by atoms with Gasteiger partial charge in [-0.05, 0) is 233 Å². The fourth-order valence-electron chi connectivity index (χ4n) is 21.4. The summed E-state index contributed by atoms with van der Waals surface area (Å²) in [6, 6.07) is 45.4. The smallest absolute Gasteiger partial charge is 0.266 e. The molecule has 0 radical (unpaired) electrons. The van der Waals surface area contributed by atoms with E-state index in [0.29, 0.717) is 21.7 Å². The Bertz CT molecular complexity index is 5870. The fourth-order valence-corrected chi connectivity index (χ4v) is 39.0. The van der Waals surface area contributed by atoms with Crippen LogP contribution in [0.3, 0.4) is 0 Å². The van der Waals surface area contributed by atoms with E-state index in [4.69, 9.17) is 24.4 Å². The largest absolute Gasteiger partial charge is 0.293 e. The summed E-state index contributed by atoms with van der Waals surface area (Å²) in [4.78, 5) is 62.8. The van der Waals surface area contributed by atoms with E-state index in [1.807, 2.05) is 105 Å². The maximum absolute atomic E-state index is 13.8. The molecule has 20 heteroatoms. The summed E-state index contributed by atoms with van der Waals surface area (Å²) in [6.07, 6.45) is 73.3. The second kappa shape index (κ2) is 61.1. The number of thiophene rings is 12. The van der Waals surface area contributed by atoms with Gasteiger partial charge in [-0.2, -0.15) is 0 Å². The Hall–Kier alpha value is -4.56. The molecule has 0 aliphatic carbocycles. The summed E-state index contributed by atoms with van der Waals surface area (Å²) in [5.41, 5.74) is 8.58. The van der Waals surface area contributed by atoms with Crippen molar-refractivity contribution in [1.29, 1.82) is 0 Å². The van der Waals surface area contributed by atoms with Gasteiger partial charge in [0.1, 0.15) is 8.64 Å². The average molecular weight is 2250 g/mol. The first-order valence-corrected chi connectivity index (χ1v) is 69.5. The van der Waals surface area contributed by atoms with Crippen LogP contribution in [0.1, 0.15) is 419 Å². The van der Waals surface area contributed by atoms with E-state index in [9.17, 15) is 9.59 Å². The number of likely N-dealkylation sites (N-methyl/N-ethyl adjacent to an activating group) is 2. The van der Waals surface area contributed by atoms with Gasteiger partial charge in [0, 0.05) is 152 Å². The van der Waals surface area contributed by atoms with Crippen molar-refractivity contribution in [2.24, 2.45) is 11.8 Å². The van der Waals surface area contributed by atoms with Crippen molar-refractivity contribution in [3.8, 4) is 98.9 Å². The second-order valence-electron chi connectivity index (χ2n) is 41.5. The van der Waals surface area contributed by atoms with Crippen LogP contribution < -0.4 is 0 Å². The quantitative estimate of drug-likeness (QED) is 0.0215. The molecule has 15 rings (SSSR count). The molecule has 146 heavy (non-hydrogen) atoms. The summed E-state index contributed by atoms with van der Waals surface area (Å²) >= 11 is 38.6. The number of fused-ring (bicyclic) bond motifs is 2. The van der Waals surface area contributed by atoms with Crippen LogP contribution in [0.25, 0.3) is 131 Å². The first kappa shape index (κ1) is 115. The molecule has 1 aromatic carbocycles. The third-order valence-corrected chi connectivity index (χ3v) is 47.6. The van der Waals surface area contributed by atoms with Crippen molar-refractivity contribution in [1.82, 2.24) is 9.80 Å². The van der Waals surface area contributed by atoms with Crippen molar-refractivity contribution in [2.75, 3.05) is 13.1 Å². The SMILES string of the molecule is CCCCCCCCc1cc(/C=C2\SC(=S)N(CC)C2=O)sc1-c1ccc(-c2sc(-c3cc4c(-c5ccc(-c6ccc(CC(CCCCCC)CCCCCCCC)s6)s5)c5sc(-c6cc(CCCCCCCC)c(-c7ccc(-c8sc(/C=C9\SC(=S)N(CC)C9=O)cc8CCCCCCCC)s7)s6)cc5c(-c5ccc(-c6ccc(CC(CCCCCC)CCCCCCCC)s6)s5)c4s3)cc2CCCCCCCC)s1. The van der Waals surface area contributed by atoms with E-state index in [2.05, 4.69) is 222 Å². The molecular formula is C126H164N2O2S16. The van der Waals surface area contributed by atoms with Crippen LogP contribution in [0.4, 0.5) is 0 Å². The molecule has 786 valence electrons. The van der Waals surface area contributed by atoms with E-state index in [-0.39, 0.29) is 11.8 Å². The van der Waals surface area contributed by atoms with E-state index >= 15 is 0 Å². The fraction of sp³-hybridized carbons (Fsp3) is 0.540. The Morgan fingerprint density at radius 1 is 0.253 bits per heavy atom. The van der Waals surface area contributed by atoms with E-state index in [1.54, 1.807) is 19.6 Å². The molecule has 2 aliphatic heterocycles. The van der Waals surface area contributed by atoms with E-state index in [0.717, 1.165) is 69.9 Å². The third kappa shape index (κ3) is 31.9. The maximum atomic E-state index is 13.8. The molecule has 0 N–H and O–H groups in total. The number of benzene rings is 1. The highest BCUT2D eigenvalue weighted by Gasteiger charge is 2.35. The highest BCUT2D eigenvalue weighted by atomic mass is 32.2. The minimum atomic E-state index is 0.0317. The lowest BCUT2D eigenvalue weighted by atomic mass is 9.91. The summed E-state index contributed by atoms with van der Waals surface area (Å²) in [6.45, 7) is 23.9. The van der Waals surface area contributed by atoms with Gasteiger partial charge in [0.05, 0.1) is 9.81 Å². The topological polar surface area (TPSA) is 40.6 Å².